The molecule has 0 bridgehead atoms. The molecular formula is C18H24O4. The van der Waals surface area contributed by atoms with Gasteiger partial charge in [0.25, 0.3) is 0 Å². The normalized spacial score (nSPS) is 18.4. The Bertz CT molecular complexity index is 506. The van der Waals surface area contributed by atoms with E-state index in [9.17, 15) is 4.79 Å². The van der Waals surface area contributed by atoms with Gasteiger partial charge in [-0.25, -0.2) is 4.79 Å². The van der Waals surface area contributed by atoms with Crippen LogP contribution >= 0.6 is 0 Å². The average Bonchev–Trinajstić information content (AvgIpc) is 3.34. The van der Waals surface area contributed by atoms with E-state index in [1.807, 2.05) is 18.2 Å². The highest BCUT2D eigenvalue weighted by Gasteiger charge is 2.25. The second kappa shape index (κ2) is 8.71. The van der Waals surface area contributed by atoms with Crippen molar-refractivity contribution in [2.45, 2.75) is 38.9 Å². The molecule has 0 amide bonds. The van der Waals surface area contributed by atoms with Crippen LogP contribution < -0.4 is 0 Å². The first-order valence-electron chi connectivity index (χ1n) is 7.91. The van der Waals surface area contributed by atoms with Crippen LogP contribution in [0, 0.1) is 0 Å². The fraction of sp³-hybridized carbons (Fsp3) is 0.500. The molecule has 4 nitrogen and oxygen atoms in total. The van der Waals surface area contributed by atoms with Crippen molar-refractivity contribution < 1.29 is 19.0 Å². The van der Waals surface area contributed by atoms with Gasteiger partial charge in [-0.1, -0.05) is 37.6 Å². The first kappa shape index (κ1) is 16.7. The molecule has 1 fully saturated rings. The minimum atomic E-state index is -0.323. The highest BCUT2D eigenvalue weighted by molar-refractivity contribution is 5.87. The van der Waals surface area contributed by atoms with Crippen molar-refractivity contribution in [2.75, 3.05) is 19.8 Å². The van der Waals surface area contributed by atoms with E-state index < -0.39 is 0 Å². The standard InChI is InChI=1S/C18H24O4/c1-3-7-17(22-13-15-12-21-15)16-9-6-5-8-14(16)10-11-18(19)20-4-2/h5-6,8-11,15,17H,3-4,7,12-13H2,1-2H3/b11-10+. The summed E-state index contributed by atoms with van der Waals surface area (Å²) in [5.74, 6) is -0.323. The van der Waals surface area contributed by atoms with Crippen LogP contribution in [-0.2, 0) is 19.0 Å². The molecule has 0 spiro atoms. The number of rotatable bonds is 9. The molecule has 0 saturated carbocycles. The minimum Gasteiger partial charge on any atom is -0.463 e. The predicted octanol–water partition coefficient (Wildman–Crippen LogP) is 3.52. The maximum absolute atomic E-state index is 11.5. The smallest absolute Gasteiger partial charge is 0.330 e. The summed E-state index contributed by atoms with van der Waals surface area (Å²) in [6.07, 6.45) is 5.52. The highest BCUT2D eigenvalue weighted by Crippen LogP contribution is 2.28. The number of epoxide rings is 1. The summed E-state index contributed by atoms with van der Waals surface area (Å²) < 4.78 is 16.1. The van der Waals surface area contributed by atoms with E-state index in [4.69, 9.17) is 14.2 Å². The van der Waals surface area contributed by atoms with E-state index in [1.165, 1.54) is 6.08 Å². The van der Waals surface area contributed by atoms with Gasteiger partial charge in [0.1, 0.15) is 6.10 Å². The van der Waals surface area contributed by atoms with Crippen LogP contribution in [0.2, 0.25) is 0 Å². The number of benzene rings is 1. The summed E-state index contributed by atoms with van der Waals surface area (Å²) in [5, 5.41) is 0. The van der Waals surface area contributed by atoms with Crippen LogP contribution in [-0.4, -0.2) is 31.9 Å². The Morgan fingerprint density at radius 2 is 2.18 bits per heavy atom. The first-order valence-corrected chi connectivity index (χ1v) is 7.91. The Morgan fingerprint density at radius 3 is 2.86 bits per heavy atom. The van der Waals surface area contributed by atoms with E-state index in [2.05, 4.69) is 13.0 Å². The zero-order valence-corrected chi connectivity index (χ0v) is 13.3. The number of carbonyl (C=O) groups is 1. The third-order valence-corrected chi connectivity index (χ3v) is 3.46. The van der Waals surface area contributed by atoms with E-state index in [0.717, 1.165) is 30.6 Å². The molecule has 22 heavy (non-hydrogen) atoms. The van der Waals surface area contributed by atoms with Gasteiger partial charge in [-0.15, -0.1) is 0 Å². The van der Waals surface area contributed by atoms with Gasteiger partial charge >= 0.3 is 5.97 Å². The van der Waals surface area contributed by atoms with Crippen molar-refractivity contribution in [3.8, 4) is 0 Å². The lowest BCUT2D eigenvalue weighted by molar-refractivity contribution is -0.137. The van der Waals surface area contributed by atoms with Crippen LogP contribution in [0.25, 0.3) is 6.08 Å². The van der Waals surface area contributed by atoms with Gasteiger partial charge in [-0.3, -0.25) is 0 Å². The molecule has 1 aromatic rings. The number of hydrogen-bond acceptors (Lipinski definition) is 4. The van der Waals surface area contributed by atoms with E-state index in [0.29, 0.717) is 13.2 Å². The molecule has 1 aliphatic heterocycles. The summed E-state index contributed by atoms with van der Waals surface area (Å²) in [6, 6.07) is 8.00. The molecule has 0 radical (unpaired) electrons. The second-order valence-electron chi connectivity index (χ2n) is 5.28. The maximum Gasteiger partial charge on any atom is 0.330 e. The first-order chi connectivity index (χ1) is 10.7. The Hall–Kier alpha value is -1.65. The van der Waals surface area contributed by atoms with Crippen molar-refractivity contribution in [1.82, 2.24) is 0 Å². The van der Waals surface area contributed by atoms with Gasteiger partial charge in [-0.05, 0) is 30.5 Å². The van der Waals surface area contributed by atoms with Crippen LogP contribution in [0.5, 0.6) is 0 Å². The molecule has 120 valence electrons. The lowest BCUT2D eigenvalue weighted by Gasteiger charge is -2.19. The van der Waals surface area contributed by atoms with Gasteiger partial charge in [-0.2, -0.15) is 0 Å². The molecule has 0 N–H and O–H groups in total. The Kier molecular flexibility index (Phi) is 6.62. The molecule has 1 heterocycles. The largest absolute Gasteiger partial charge is 0.463 e. The summed E-state index contributed by atoms with van der Waals surface area (Å²) in [5.41, 5.74) is 2.09. The molecule has 2 atom stereocenters. The quantitative estimate of drug-likeness (QED) is 0.398. The Labute approximate surface area is 132 Å². The van der Waals surface area contributed by atoms with Gasteiger partial charge < -0.3 is 14.2 Å². The number of carbonyl (C=O) groups excluding carboxylic acids is 1. The molecule has 1 aliphatic rings. The van der Waals surface area contributed by atoms with Gasteiger partial charge in [0, 0.05) is 6.08 Å². The fourth-order valence-electron chi connectivity index (χ4n) is 2.28. The van der Waals surface area contributed by atoms with Crippen LogP contribution in [0.3, 0.4) is 0 Å². The van der Waals surface area contributed by atoms with Crippen molar-refractivity contribution in [3.63, 3.8) is 0 Å². The Morgan fingerprint density at radius 1 is 1.41 bits per heavy atom. The lowest BCUT2D eigenvalue weighted by atomic mass is 9.98. The number of esters is 1. The molecule has 1 aromatic carbocycles. The summed E-state index contributed by atoms with van der Waals surface area (Å²) in [6.45, 7) is 5.74. The second-order valence-corrected chi connectivity index (χ2v) is 5.28. The maximum atomic E-state index is 11.5. The zero-order chi connectivity index (χ0) is 15.8. The molecule has 2 rings (SSSR count). The Balaban J connectivity index is 2.10. The zero-order valence-electron chi connectivity index (χ0n) is 13.3. The molecule has 2 unspecified atom stereocenters. The molecular weight excluding hydrogens is 280 g/mol. The monoisotopic (exact) mass is 304 g/mol. The third-order valence-electron chi connectivity index (χ3n) is 3.46. The van der Waals surface area contributed by atoms with Crippen molar-refractivity contribution >= 4 is 12.0 Å². The highest BCUT2D eigenvalue weighted by atomic mass is 16.6. The van der Waals surface area contributed by atoms with Gasteiger partial charge in [0.15, 0.2) is 0 Å². The number of ether oxygens (including phenoxy) is 3. The van der Waals surface area contributed by atoms with Gasteiger partial charge in [0.05, 0.1) is 25.9 Å². The predicted molar refractivity (Wildman–Crippen MR) is 85.5 cm³/mol. The van der Waals surface area contributed by atoms with Crippen molar-refractivity contribution in [1.29, 1.82) is 0 Å². The van der Waals surface area contributed by atoms with E-state index >= 15 is 0 Å². The van der Waals surface area contributed by atoms with Crippen LogP contribution in [0.1, 0.15) is 43.9 Å². The molecule has 1 saturated heterocycles. The topological polar surface area (TPSA) is 48.1 Å². The molecule has 0 aliphatic carbocycles. The minimum absolute atomic E-state index is 0.0252. The summed E-state index contributed by atoms with van der Waals surface area (Å²) >= 11 is 0. The molecule has 0 aromatic heterocycles. The SMILES string of the molecule is CCCC(OCC1CO1)c1ccccc1/C=C/C(=O)OCC. The summed E-state index contributed by atoms with van der Waals surface area (Å²) in [4.78, 5) is 11.5. The van der Waals surface area contributed by atoms with E-state index in [1.54, 1.807) is 13.0 Å². The van der Waals surface area contributed by atoms with Crippen LogP contribution in [0.4, 0.5) is 0 Å². The lowest BCUT2D eigenvalue weighted by Crippen LogP contribution is -2.10. The molecule has 4 heteroatoms. The van der Waals surface area contributed by atoms with Crippen molar-refractivity contribution in [3.05, 3.63) is 41.5 Å². The summed E-state index contributed by atoms with van der Waals surface area (Å²) in [7, 11) is 0. The van der Waals surface area contributed by atoms with Crippen molar-refractivity contribution in [2.24, 2.45) is 0 Å². The fourth-order valence-corrected chi connectivity index (χ4v) is 2.28. The average molecular weight is 304 g/mol. The van der Waals surface area contributed by atoms with Gasteiger partial charge in [0.2, 0.25) is 0 Å². The van der Waals surface area contributed by atoms with E-state index in [-0.39, 0.29) is 18.2 Å². The third kappa shape index (κ3) is 5.28. The van der Waals surface area contributed by atoms with Crippen LogP contribution in [0.15, 0.2) is 30.3 Å². The number of hydrogen-bond donors (Lipinski definition) is 0.